The molecule has 0 radical (unpaired) electrons. The maximum absolute atomic E-state index is 11.9. The average Bonchev–Trinajstić information content (AvgIpc) is 2.75. The molecular formula is C16H17NO3. The van der Waals surface area contributed by atoms with E-state index >= 15 is 0 Å². The third kappa shape index (κ3) is 3.41. The van der Waals surface area contributed by atoms with Crippen molar-refractivity contribution < 1.29 is 14.4 Å². The van der Waals surface area contributed by atoms with Crippen molar-refractivity contribution in [3.05, 3.63) is 47.5 Å². The summed E-state index contributed by atoms with van der Waals surface area (Å²) in [5, 5.41) is 0. The van der Waals surface area contributed by atoms with Gasteiger partial charge >= 0.3 is 0 Å². The number of Topliss-reactive ketones (excluding diaryl/α,β-unsaturated/α-hetero) is 1. The molecule has 0 N–H and O–H groups in total. The minimum Gasteiger partial charge on any atom is -0.294 e. The molecule has 0 aromatic heterocycles. The minimum atomic E-state index is -0.264. The number of nitrogens with zero attached hydrogens (tertiary/aromatic N) is 1. The Balaban J connectivity index is 1.73. The lowest BCUT2D eigenvalue weighted by atomic mass is 10.0. The Morgan fingerprint density at radius 2 is 1.60 bits per heavy atom. The number of aryl methyl sites for hydroxylation is 1. The van der Waals surface area contributed by atoms with Gasteiger partial charge in [0.2, 0.25) is 0 Å². The molecule has 0 bridgehead atoms. The molecule has 2 amide bonds. The van der Waals surface area contributed by atoms with E-state index in [4.69, 9.17) is 0 Å². The zero-order chi connectivity index (χ0) is 14.5. The fourth-order valence-electron chi connectivity index (χ4n) is 2.09. The molecule has 20 heavy (non-hydrogen) atoms. The van der Waals surface area contributed by atoms with Crippen LogP contribution in [0, 0.1) is 6.92 Å². The Morgan fingerprint density at radius 1 is 1.00 bits per heavy atom. The fraction of sp³-hybridized carbons (Fsp3) is 0.312. The summed E-state index contributed by atoms with van der Waals surface area (Å²) in [7, 11) is 0. The lowest BCUT2D eigenvalue weighted by molar-refractivity contribution is -0.136. The number of amides is 2. The zero-order valence-electron chi connectivity index (χ0n) is 11.5. The standard InChI is InChI=1S/C16H17NO3/c1-12-5-7-13(8-6-12)14(18)4-2-3-11-17-15(19)9-10-16(17)20/h5-10H,2-4,11H2,1H3. The van der Waals surface area contributed by atoms with Gasteiger partial charge in [-0.15, -0.1) is 0 Å². The van der Waals surface area contributed by atoms with E-state index in [-0.39, 0.29) is 17.6 Å². The van der Waals surface area contributed by atoms with Gasteiger partial charge in [-0.05, 0) is 19.8 Å². The number of carbonyl (C=O) groups is 3. The monoisotopic (exact) mass is 271 g/mol. The van der Waals surface area contributed by atoms with Crippen molar-refractivity contribution >= 4 is 17.6 Å². The first-order valence-electron chi connectivity index (χ1n) is 6.71. The second-order valence-electron chi connectivity index (χ2n) is 4.91. The maximum atomic E-state index is 11.9. The van der Waals surface area contributed by atoms with Crippen molar-refractivity contribution in [2.45, 2.75) is 26.2 Å². The number of ketones is 1. The van der Waals surface area contributed by atoms with Gasteiger partial charge in [0.1, 0.15) is 0 Å². The van der Waals surface area contributed by atoms with E-state index < -0.39 is 0 Å². The normalized spacial score (nSPS) is 14.2. The number of hydrogen-bond acceptors (Lipinski definition) is 3. The van der Waals surface area contributed by atoms with Crippen molar-refractivity contribution in [3.8, 4) is 0 Å². The number of hydrogen-bond donors (Lipinski definition) is 0. The van der Waals surface area contributed by atoms with Crippen molar-refractivity contribution in [2.24, 2.45) is 0 Å². The van der Waals surface area contributed by atoms with Crippen LogP contribution in [0.2, 0.25) is 0 Å². The summed E-state index contributed by atoms with van der Waals surface area (Å²) in [4.78, 5) is 35.8. The molecule has 1 aromatic carbocycles. The van der Waals surface area contributed by atoms with Crippen LogP contribution in [0.4, 0.5) is 0 Å². The molecule has 1 aromatic rings. The summed E-state index contributed by atoms with van der Waals surface area (Å²) >= 11 is 0. The molecule has 2 rings (SSSR count). The van der Waals surface area contributed by atoms with Gasteiger partial charge in [0, 0.05) is 30.7 Å². The quantitative estimate of drug-likeness (QED) is 0.453. The highest BCUT2D eigenvalue weighted by Gasteiger charge is 2.22. The van der Waals surface area contributed by atoms with E-state index in [2.05, 4.69) is 0 Å². The van der Waals surface area contributed by atoms with E-state index in [9.17, 15) is 14.4 Å². The molecule has 104 valence electrons. The molecule has 0 aliphatic carbocycles. The number of rotatable bonds is 6. The molecule has 0 unspecified atom stereocenters. The van der Waals surface area contributed by atoms with Gasteiger partial charge in [-0.2, -0.15) is 0 Å². The molecule has 0 saturated carbocycles. The lowest BCUT2D eigenvalue weighted by Gasteiger charge is -2.12. The number of carbonyl (C=O) groups excluding carboxylic acids is 3. The topological polar surface area (TPSA) is 54.5 Å². The van der Waals surface area contributed by atoms with E-state index in [1.807, 2.05) is 31.2 Å². The Bertz CT molecular complexity index is 540. The van der Waals surface area contributed by atoms with E-state index in [0.29, 0.717) is 31.4 Å². The van der Waals surface area contributed by atoms with Gasteiger partial charge < -0.3 is 0 Å². The van der Waals surface area contributed by atoms with Crippen molar-refractivity contribution in [3.63, 3.8) is 0 Å². The summed E-state index contributed by atoms with van der Waals surface area (Å²) < 4.78 is 0. The summed E-state index contributed by atoms with van der Waals surface area (Å²) in [6, 6.07) is 7.49. The Hall–Kier alpha value is -2.23. The second-order valence-corrected chi connectivity index (χ2v) is 4.91. The molecule has 1 aliphatic rings. The van der Waals surface area contributed by atoms with Gasteiger partial charge in [-0.3, -0.25) is 19.3 Å². The molecule has 1 aliphatic heterocycles. The number of unbranched alkanes of at least 4 members (excludes halogenated alkanes) is 1. The van der Waals surface area contributed by atoms with Crippen LogP contribution in [-0.2, 0) is 9.59 Å². The first kappa shape index (κ1) is 14.2. The van der Waals surface area contributed by atoms with Crippen LogP contribution in [0.5, 0.6) is 0 Å². The van der Waals surface area contributed by atoms with Crippen molar-refractivity contribution in [1.29, 1.82) is 0 Å². The fourth-order valence-corrected chi connectivity index (χ4v) is 2.09. The first-order chi connectivity index (χ1) is 9.58. The van der Waals surface area contributed by atoms with Crippen LogP contribution in [0.15, 0.2) is 36.4 Å². The van der Waals surface area contributed by atoms with Crippen molar-refractivity contribution in [2.75, 3.05) is 6.54 Å². The lowest BCUT2D eigenvalue weighted by Crippen LogP contribution is -2.30. The van der Waals surface area contributed by atoms with Gasteiger partial charge in [0.05, 0.1) is 0 Å². The van der Waals surface area contributed by atoms with E-state index in [1.165, 1.54) is 17.1 Å². The Labute approximate surface area is 118 Å². The van der Waals surface area contributed by atoms with Gasteiger partial charge in [-0.1, -0.05) is 29.8 Å². The van der Waals surface area contributed by atoms with Gasteiger partial charge in [0.25, 0.3) is 11.8 Å². The summed E-state index contributed by atoms with van der Waals surface area (Å²) in [6.45, 7) is 2.36. The molecule has 0 fully saturated rings. The minimum absolute atomic E-state index is 0.0993. The van der Waals surface area contributed by atoms with Crippen LogP contribution in [-0.4, -0.2) is 29.0 Å². The highest BCUT2D eigenvalue weighted by Crippen LogP contribution is 2.10. The molecule has 4 nitrogen and oxygen atoms in total. The second kappa shape index (κ2) is 6.28. The van der Waals surface area contributed by atoms with E-state index in [1.54, 1.807) is 0 Å². The third-order valence-corrected chi connectivity index (χ3v) is 3.31. The van der Waals surface area contributed by atoms with Crippen LogP contribution in [0.1, 0.15) is 35.2 Å². The summed E-state index contributed by atoms with van der Waals surface area (Å²) in [6.07, 6.45) is 4.31. The SMILES string of the molecule is Cc1ccc(C(=O)CCCCN2C(=O)C=CC2=O)cc1. The molecule has 0 spiro atoms. The van der Waals surface area contributed by atoms with E-state index in [0.717, 1.165) is 5.56 Å². The highest BCUT2D eigenvalue weighted by molar-refractivity contribution is 6.12. The molecular weight excluding hydrogens is 254 g/mol. The zero-order valence-corrected chi connectivity index (χ0v) is 11.5. The molecule has 0 atom stereocenters. The van der Waals surface area contributed by atoms with Gasteiger partial charge in [0.15, 0.2) is 5.78 Å². The largest absolute Gasteiger partial charge is 0.294 e. The summed E-state index contributed by atoms with van der Waals surface area (Å²) in [5.74, 6) is -0.429. The number of imide groups is 1. The highest BCUT2D eigenvalue weighted by atomic mass is 16.2. The van der Waals surface area contributed by atoms with Crippen LogP contribution < -0.4 is 0 Å². The smallest absolute Gasteiger partial charge is 0.253 e. The summed E-state index contributed by atoms with van der Waals surface area (Å²) in [5.41, 5.74) is 1.84. The average molecular weight is 271 g/mol. The first-order valence-corrected chi connectivity index (χ1v) is 6.71. The third-order valence-electron chi connectivity index (χ3n) is 3.31. The van der Waals surface area contributed by atoms with Gasteiger partial charge in [-0.25, -0.2) is 0 Å². The van der Waals surface area contributed by atoms with Crippen LogP contribution in [0.3, 0.4) is 0 Å². The Morgan fingerprint density at radius 3 is 2.20 bits per heavy atom. The molecule has 4 heteroatoms. The number of benzene rings is 1. The predicted octanol–water partition coefficient (Wildman–Crippen LogP) is 2.27. The molecule has 0 saturated heterocycles. The van der Waals surface area contributed by atoms with Crippen LogP contribution >= 0.6 is 0 Å². The maximum Gasteiger partial charge on any atom is 0.253 e. The Kier molecular flexibility index (Phi) is 4.45. The van der Waals surface area contributed by atoms with Crippen LogP contribution in [0.25, 0.3) is 0 Å². The predicted molar refractivity (Wildman–Crippen MR) is 75.2 cm³/mol. The molecule has 1 heterocycles. The van der Waals surface area contributed by atoms with Crippen molar-refractivity contribution in [1.82, 2.24) is 4.90 Å².